The van der Waals surface area contributed by atoms with Crippen molar-refractivity contribution in [1.82, 2.24) is 0 Å². The van der Waals surface area contributed by atoms with Gasteiger partial charge in [-0.15, -0.1) is 0 Å². The van der Waals surface area contributed by atoms with Gasteiger partial charge in [0.2, 0.25) is 0 Å². The molecule has 1 fully saturated rings. The van der Waals surface area contributed by atoms with Crippen LogP contribution in [0.2, 0.25) is 0 Å². The third-order valence-corrected chi connectivity index (χ3v) is 4.38. The molecule has 1 aliphatic rings. The average molecular weight is 267 g/mol. The Bertz CT molecular complexity index is 448. The number of hydrogen-bond acceptors (Lipinski definition) is 1. The predicted molar refractivity (Wildman–Crippen MR) is 73.7 cm³/mol. The van der Waals surface area contributed by atoms with Gasteiger partial charge in [0.25, 0.3) is 0 Å². The van der Waals surface area contributed by atoms with Crippen LogP contribution < -0.4 is 5.73 Å². The molecule has 0 spiro atoms. The summed E-state index contributed by atoms with van der Waals surface area (Å²) in [5, 5.41) is 0. The Kier molecular flexibility index (Phi) is 4.24. The monoisotopic (exact) mass is 267 g/mol. The number of hydrogen-bond donors (Lipinski definition) is 1. The normalized spacial score (nSPS) is 29.3. The van der Waals surface area contributed by atoms with Crippen molar-refractivity contribution in [1.29, 1.82) is 0 Å². The van der Waals surface area contributed by atoms with Gasteiger partial charge in [-0.3, -0.25) is 0 Å². The topological polar surface area (TPSA) is 26.0 Å². The third kappa shape index (κ3) is 2.97. The van der Waals surface area contributed by atoms with E-state index < -0.39 is 17.7 Å². The summed E-state index contributed by atoms with van der Waals surface area (Å²) in [6, 6.07) is 2.25. The molecule has 0 heterocycles. The molecule has 3 atom stereocenters. The van der Waals surface area contributed by atoms with E-state index in [9.17, 15) is 8.78 Å². The molecule has 3 heteroatoms. The fraction of sp³-hybridized carbons (Fsp3) is 0.625. The molecule has 1 aromatic carbocycles. The zero-order chi connectivity index (χ0) is 14.2. The Morgan fingerprint density at radius 3 is 2.26 bits per heavy atom. The number of aryl methyl sites for hydroxylation is 1. The molecule has 1 saturated carbocycles. The molecular weight excluding hydrogens is 244 g/mol. The van der Waals surface area contributed by atoms with E-state index in [1.807, 2.05) is 0 Å². The lowest BCUT2D eigenvalue weighted by Crippen LogP contribution is -2.30. The predicted octanol–water partition coefficient (Wildman–Crippen LogP) is 4.35. The van der Waals surface area contributed by atoms with Gasteiger partial charge in [0, 0.05) is 11.6 Å². The lowest BCUT2D eigenvalue weighted by atomic mass is 9.72. The lowest BCUT2D eigenvalue weighted by Gasteiger charge is -2.35. The molecule has 0 aromatic heterocycles. The van der Waals surface area contributed by atoms with Gasteiger partial charge in [0.1, 0.15) is 11.6 Å². The van der Waals surface area contributed by atoms with Crippen LogP contribution in [0.15, 0.2) is 12.1 Å². The highest BCUT2D eigenvalue weighted by Crippen LogP contribution is 2.40. The van der Waals surface area contributed by atoms with Crippen molar-refractivity contribution < 1.29 is 8.78 Å². The summed E-state index contributed by atoms with van der Waals surface area (Å²) in [5.41, 5.74) is 6.72. The molecule has 2 N–H and O–H groups in total. The molecule has 3 unspecified atom stereocenters. The van der Waals surface area contributed by atoms with Gasteiger partial charge in [0.15, 0.2) is 0 Å². The second-order valence-corrected chi connectivity index (χ2v) is 6.30. The molecule has 2 rings (SSSR count). The fourth-order valence-electron chi connectivity index (χ4n) is 3.52. The highest BCUT2D eigenvalue weighted by atomic mass is 19.1. The van der Waals surface area contributed by atoms with Gasteiger partial charge in [-0.25, -0.2) is 8.78 Å². The summed E-state index contributed by atoms with van der Waals surface area (Å²) >= 11 is 0. The molecule has 106 valence electrons. The van der Waals surface area contributed by atoms with E-state index >= 15 is 0 Å². The fourth-order valence-corrected chi connectivity index (χ4v) is 3.52. The average Bonchev–Trinajstić information content (AvgIpc) is 2.33. The lowest BCUT2D eigenvalue weighted by molar-refractivity contribution is 0.190. The van der Waals surface area contributed by atoms with Crippen LogP contribution in [0, 0.1) is 36.3 Å². The minimum Gasteiger partial charge on any atom is -0.324 e. The van der Waals surface area contributed by atoms with Crippen molar-refractivity contribution in [2.75, 3.05) is 0 Å². The van der Waals surface area contributed by atoms with Crippen LogP contribution in [0.1, 0.15) is 50.3 Å². The Balaban J connectivity index is 2.29. The molecule has 0 aliphatic heterocycles. The molecule has 0 radical (unpaired) electrons. The summed E-state index contributed by atoms with van der Waals surface area (Å²) in [6.07, 6.45) is 3.10. The van der Waals surface area contributed by atoms with Crippen molar-refractivity contribution in [3.63, 3.8) is 0 Å². The van der Waals surface area contributed by atoms with Crippen LogP contribution >= 0.6 is 0 Å². The van der Waals surface area contributed by atoms with E-state index in [0.29, 0.717) is 17.4 Å². The smallest absolute Gasteiger partial charge is 0.133 e. The van der Waals surface area contributed by atoms with Crippen LogP contribution in [0.4, 0.5) is 8.78 Å². The minimum absolute atomic E-state index is 0.0753. The van der Waals surface area contributed by atoms with E-state index in [-0.39, 0.29) is 11.5 Å². The van der Waals surface area contributed by atoms with Crippen LogP contribution in [0.3, 0.4) is 0 Å². The van der Waals surface area contributed by atoms with Crippen molar-refractivity contribution in [3.05, 3.63) is 34.9 Å². The SMILES string of the molecule is Cc1ccc(F)c(C(N)C2CC(C)CC(C)C2)c1F. The summed E-state index contributed by atoms with van der Waals surface area (Å²) in [6.45, 7) is 6.04. The molecular formula is C16H23F2N. The van der Waals surface area contributed by atoms with Crippen molar-refractivity contribution in [3.8, 4) is 0 Å². The van der Waals surface area contributed by atoms with Gasteiger partial charge < -0.3 is 5.73 Å². The zero-order valence-corrected chi connectivity index (χ0v) is 11.9. The minimum atomic E-state index is -0.537. The number of nitrogens with two attached hydrogens (primary N) is 1. The van der Waals surface area contributed by atoms with Gasteiger partial charge >= 0.3 is 0 Å². The van der Waals surface area contributed by atoms with Gasteiger partial charge in [-0.1, -0.05) is 19.9 Å². The van der Waals surface area contributed by atoms with E-state index in [2.05, 4.69) is 13.8 Å². The molecule has 0 bridgehead atoms. The van der Waals surface area contributed by atoms with E-state index in [4.69, 9.17) is 5.73 Å². The number of benzene rings is 1. The molecule has 0 amide bonds. The van der Waals surface area contributed by atoms with Crippen molar-refractivity contribution in [2.24, 2.45) is 23.5 Å². The van der Waals surface area contributed by atoms with E-state index in [1.54, 1.807) is 6.92 Å². The maximum absolute atomic E-state index is 14.1. The second kappa shape index (κ2) is 5.58. The first kappa shape index (κ1) is 14.4. The summed E-state index contributed by atoms with van der Waals surface area (Å²) in [4.78, 5) is 0. The molecule has 19 heavy (non-hydrogen) atoms. The third-order valence-electron chi connectivity index (χ3n) is 4.38. The Hall–Kier alpha value is -0.960. The molecule has 1 nitrogen and oxygen atoms in total. The van der Waals surface area contributed by atoms with E-state index in [0.717, 1.165) is 12.8 Å². The highest BCUT2D eigenvalue weighted by Gasteiger charge is 2.31. The van der Waals surface area contributed by atoms with Gasteiger partial charge in [0.05, 0.1) is 0 Å². The summed E-state index contributed by atoms with van der Waals surface area (Å²) in [7, 11) is 0. The second-order valence-electron chi connectivity index (χ2n) is 6.30. The Labute approximate surface area is 114 Å². The Morgan fingerprint density at radius 1 is 1.11 bits per heavy atom. The first-order valence-corrected chi connectivity index (χ1v) is 7.10. The first-order valence-electron chi connectivity index (χ1n) is 7.10. The number of rotatable bonds is 2. The number of halogens is 2. The quantitative estimate of drug-likeness (QED) is 0.847. The van der Waals surface area contributed by atoms with Crippen molar-refractivity contribution >= 4 is 0 Å². The van der Waals surface area contributed by atoms with Gasteiger partial charge in [-0.2, -0.15) is 0 Å². The molecule has 1 aromatic rings. The van der Waals surface area contributed by atoms with Crippen LogP contribution in [-0.4, -0.2) is 0 Å². The van der Waals surface area contributed by atoms with Gasteiger partial charge in [-0.05, 0) is 55.6 Å². The maximum Gasteiger partial charge on any atom is 0.133 e. The van der Waals surface area contributed by atoms with Crippen LogP contribution in [0.5, 0.6) is 0 Å². The van der Waals surface area contributed by atoms with Crippen molar-refractivity contribution in [2.45, 2.75) is 46.1 Å². The first-order chi connectivity index (χ1) is 8.90. The summed E-state index contributed by atoms with van der Waals surface area (Å²) < 4.78 is 28.1. The molecule has 1 aliphatic carbocycles. The maximum atomic E-state index is 14.1. The zero-order valence-electron chi connectivity index (χ0n) is 11.9. The van der Waals surface area contributed by atoms with Crippen LogP contribution in [0.25, 0.3) is 0 Å². The highest BCUT2D eigenvalue weighted by molar-refractivity contribution is 5.29. The van der Waals surface area contributed by atoms with Crippen LogP contribution in [-0.2, 0) is 0 Å². The standard InChI is InChI=1S/C16H23F2N/c1-9-6-10(2)8-12(7-9)16(19)14-13(17)5-4-11(3)15(14)18/h4-5,9-10,12,16H,6-8,19H2,1-3H3. The Morgan fingerprint density at radius 2 is 1.68 bits per heavy atom. The summed E-state index contributed by atoms with van der Waals surface area (Å²) in [5.74, 6) is 0.343. The molecule has 0 saturated heterocycles. The van der Waals surface area contributed by atoms with E-state index in [1.165, 1.54) is 18.6 Å². The largest absolute Gasteiger partial charge is 0.324 e.